The number of carbonyl (C=O) groups is 1. The molecule has 2 aromatic heterocycles. The van der Waals surface area contributed by atoms with E-state index in [0.717, 1.165) is 42.6 Å². The van der Waals surface area contributed by atoms with Crippen LogP contribution in [0.1, 0.15) is 34.8 Å². The van der Waals surface area contributed by atoms with Crippen molar-refractivity contribution in [3.05, 3.63) is 23.3 Å². The van der Waals surface area contributed by atoms with E-state index >= 15 is 0 Å². The number of carbonyl (C=O) groups excluding carboxylic acids is 1. The van der Waals surface area contributed by atoms with E-state index in [2.05, 4.69) is 24.7 Å². The van der Waals surface area contributed by atoms with Crippen LogP contribution in [0, 0.1) is 13.8 Å². The maximum Gasteiger partial charge on any atom is 0.269 e. The molecule has 1 N–H and O–H groups in total. The summed E-state index contributed by atoms with van der Waals surface area (Å²) in [6.45, 7) is 5.52. The van der Waals surface area contributed by atoms with Crippen molar-refractivity contribution in [1.82, 2.24) is 24.5 Å². The summed E-state index contributed by atoms with van der Waals surface area (Å²) >= 11 is 1.42. The van der Waals surface area contributed by atoms with Gasteiger partial charge < -0.3 is 10.2 Å². The number of amides is 1. The maximum atomic E-state index is 12.4. The lowest BCUT2D eigenvalue weighted by Crippen LogP contribution is -2.48. The van der Waals surface area contributed by atoms with Crippen molar-refractivity contribution < 1.29 is 4.79 Å². The van der Waals surface area contributed by atoms with Crippen molar-refractivity contribution in [3.8, 4) is 0 Å². The minimum Gasteiger partial charge on any atom is -0.346 e. The summed E-state index contributed by atoms with van der Waals surface area (Å²) in [7, 11) is 1.79. The second-order valence-corrected chi connectivity index (χ2v) is 6.41. The van der Waals surface area contributed by atoms with Crippen LogP contribution in [0.25, 0.3) is 0 Å². The lowest BCUT2D eigenvalue weighted by Gasteiger charge is -2.32. The molecule has 2 aromatic rings. The summed E-state index contributed by atoms with van der Waals surface area (Å²) in [5.74, 6) is 0.736. The van der Waals surface area contributed by atoms with E-state index in [1.165, 1.54) is 11.5 Å². The Bertz CT molecular complexity index is 679. The molecule has 1 fully saturated rings. The van der Waals surface area contributed by atoms with Gasteiger partial charge in [0, 0.05) is 37.7 Å². The Morgan fingerprint density at radius 2 is 2.27 bits per heavy atom. The van der Waals surface area contributed by atoms with Gasteiger partial charge in [0.1, 0.15) is 11.5 Å². The fourth-order valence-electron chi connectivity index (χ4n) is 2.77. The topological polar surface area (TPSA) is 75.9 Å². The van der Waals surface area contributed by atoms with Gasteiger partial charge in [-0.3, -0.25) is 9.48 Å². The van der Waals surface area contributed by atoms with Gasteiger partial charge in [0.2, 0.25) is 5.13 Å². The lowest BCUT2D eigenvalue weighted by atomic mass is 10.1. The van der Waals surface area contributed by atoms with E-state index in [9.17, 15) is 4.79 Å². The van der Waals surface area contributed by atoms with E-state index < -0.39 is 0 Å². The standard InChI is InChI=1S/C14H20N6OS/c1-9-7-12(19(3)17-9)13(21)16-11-5-4-6-20(8-11)14-15-10(2)18-22-14/h7,11H,4-6,8H2,1-3H3,(H,16,21). The molecule has 0 aliphatic carbocycles. The maximum absolute atomic E-state index is 12.4. The van der Waals surface area contributed by atoms with E-state index in [1.807, 2.05) is 19.9 Å². The van der Waals surface area contributed by atoms with Crippen molar-refractivity contribution in [2.75, 3.05) is 18.0 Å². The normalized spacial score (nSPS) is 18.5. The monoisotopic (exact) mass is 320 g/mol. The fraction of sp³-hybridized carbons (Fsp3) is 0.571. The fourth-order valence-corrected chi connectivity index (χ4v) is 3.47. The molecule has 0 aromatic carbocycles. The molecule has 22 heavy (non-hydrogen) atoms. The summed E-state index contributed by atoms with van der Waals surface area (Å²) in [4.78, 5) is 19.0. The number of nitrogens with zero attached hydrogens (tertiary/aromatic N) is 5. The predicted octanol–water partition coefficient (Wildman–Crippen LogP) is 1.29. The second kappa shape index (κ2) is 6.04. The van der Waals surface area contributed by atoms with Crippen LogP contribution in [0.4, 0.5) is 5.13 Å². The Balaban J connectivity index is 1.65. The quantitative estimate of drug-likeness (QED) is 0.922. The Morgan fingerprint density at radius 1 is 1.45 bits per heavy atom. The summed E-state index contributed by atoms with van der Waals surface area (Å²) in [5, 5.41) is 8.27. The molecular weight excluding hydrogens is 300 g/mol. The smallest absolute Gasteiger partial charge is 0.269 e. The van der Waals surface area contributed by atoms with Gasteiger partial charge in [0.15, 0.2) is 0 Å². The van der Waals surface area contributed by atoms with Gasteiger partial charge in [-0.05, 0) is 32.8 Å². The van der Waals surface area contributed by atoms with E-state index in [-0.39, 0.29) is 11.9 Å². The van der Waals surface area contributed by atoms with Crippen LogP contribution in [0.5, 0.6) is 0 Å². The Labute approximate surface area is 133 Å². The molecular formula is C14H20N6OS. The average molecular weight is 320 g/mol. The second-order valence-electron chi connectivity index (χ2n) is 5.68. The molecule has 1 aliphatic rings. The number of anilines is 1. The SMILES string of the molecule is Cc1cc(C(=O)NC2CCCN(c3nc(C)ns3)C2)n(C)n1. The highest BCUT2D eigenvalue weighted by Gasteiger charge is 2.24. The first kappa shape index (κ1) is 15.0. The molecule has 1 amide bonds. The molecule has 1 saturated heterocycles. The summed E-state index contributed by atoms with van der Waals surface area (Å²) in [6.07, 6.45) is 2.02. The molecule has 118 valence electrons. The molecule has 0 bridgehead atoms. The number of rotatable bonds is 3. The summed E-state index contributed by atoms with van der Waals surface area (Å²) in [6, 6.07) is 1.94. The molecule has 8 heteroatoms. The van der Waals surface area contributed by atoms with Crippen molar-refractivity contribution in [3.63, 3.8) is 0 Å². The third-order valence-electron chi connectivity index (χ3n) is 3.78. The highest BCUT2D eigenvalue weighted by Crippen LogP contribution is 2.21. The van der Waals surface area contributed by atoms with Crippen molar-refractivity contribution >= 4 is 22.6 Å². The number of nitrogens with one attached hydrogen (secondary N) is 1. The third-order valence-corrected chi connectivity index (χ3v) is 4.65. The van der Waals surface area contributed by atoms with Crippen LogP contribution >= 0.6 is 11.5 Å². The van der Waals surface area contributed by atoms with Crippen LogP contribution in [-0.4, -0.2) is 44.2 Å². The molecule has 1 atom stereocenters. The first-order chi connectivity index (χ1) is 10.5. The molecule has 1 unspecified atom stereocenters. The number of hydrogen-bond donors (Lipinski definition) is 1. The largest absolute Gasteiger partial charge is 0.346 e. The molecule has 0 radical (unpaired) electrons. The Hall–Kier alpha value is -1.96. The highest BCUT2D eigenvalue weighted by atomic mass is 32.1. The van der Waals surface area contributed by atoms with Crippen molar-refractivity contribution in [1.29, 1.82) is 0 Å². The van der Waals surface area contributed by atoms with Crippen molar-refractivity contribution in [2.45, 2.75) is 32.7 Å². The molecule has 3 rings (SSSR count). The summed E-state index contributed by atoms with van der Waals surface area (Å²) < 4.78 is 5.85. The van der Waals surface area contributed by atoms with Gasteiger partial charge in [-0.2, -0.15) is 9.47 Å². The van der Waals surface area contributed by atoms with Crippen LogP contribution in [0.2, 0.25) is 0 Å². The highest BCUT2D eigenvalue weighted by molar-refractivity contribution is 7.09. The molecule has 0 saturated carbocycles. The lowest BCUT2D eigenvalue weighted by molar-refractivity contribution is 0.0923. The Kier molecular flexibility index (Phi) is 4.10. The number of aryl methyl sites for hydroxylation is 3. The minimum atomic E-state index is -0.0663. The number of aromatic nitrogens is 4. The zero-order valence-corrected chi connectivity index (χ0v) is 13.9. The number of piperidine rings is 1. The van der Waals surface area contributed by atoms with Crippen LogP contribution in [0.3, 0.4) is 0 Å². The summed E-state index contributed by atoms with van der Waals surface area (Å²) in [5.41, 5.74) is 1.45. The molecule has 0 spiro atoms. The van der Waals surface area contributed by atoms with Crippen LogP contribution < -0.4 is 10.2 Å². The first-order valence-electron chi connectivity index (χ1n) is 7.39. The minimum absolute atomic E-state index is 0.0663. The predicted molar refractivity (Wildman–Crippen MR) is 85.3 cm³/mol. The average Bonchev–Trinajstić information content (AvgIpc) is 3.05. The van der Waals surface area contributed by atoms with Crippen LogP contribution in [-0.2, 0) is 7.05 Å². The van der Waals surface area contributed by atoms with E-state index in [1.54, 1.807) is 11.7 Å². The third kappa shape index (κ3) is 3.11. The molecule has 3 heterocycles. The Morgan fingerprint density at radius 3 is 2.91 bits per heavy atom. The van der Waals surface area contributed by atoms with Crippen molar-refractivity contribution in [2.24, 2.45) is 7.05 Å². The number of hydrogen-bond acceptors (Lipinski definition) is 6. The van der Waals surface area contributed by atoms with Gasteiger partial charge in [0.05, 0.1) is 5.69 Å². The molecule has 1 aliphatic heterocycles. The van der Waals surface area contributed by atoms with Gasteiger partial charge in [-0.1, -0.05) is 0 Å². The van der Waals surface area contributed by atoms with E-state index in [4.69, 9.17) is 0 Å². The first-order valence-corrected chi connectivity index (χ1v) is 8.17. The zero-order valence-electron chi connectivity index (χ0n) is 13.0. The van der Waals surface area contributed by atoms with Gasteiger partial charge in [-0.25, -0.2) is 4.98 Å². The molecule has 7 nitrogen and oxygen atoms in total. The van der Waals surface area contributed by atoms with Gasteiger partial charge in [0.25, 0.3) is 5.91 Å². The zero-order chi connectivity index (χ0) is 15.7. The van der Waals surface area contributed by atoms with E-state index in [0.29, 0.717) is 5.69 Å². The van der Waals surface area contributed by atoms with Crippen LogP contribution in [0.15, 0.2) is 6.07 Å². The van der Waals surface area contributed by atoms with Gasteiger partial charge >= 0.3 is 0 Å². The van der Waals surface area contributed by atoms with Gasteiger partial charge in [-0.15, -0.1) is 0 Å².